The molecule has 1 amide bonds. The number of alkyl halides is 2. The molecule has 24 heavy (non-hydrogen) atoms. The highest BCUT2D eigenvalue weighted by Gasteiger charge is 2.15. The molecular weight excluding hydrogens is 342 g/mol. The van der Waals surface area contributed by atoms with Crippen LogP contribution in [0.3, 0.4) is 0 Å². The Morgan fingerprint density at radius 3 is 2.88 bits per heavy atom. The second-order valence-corrected chi connectivity index (χ2v) is 4.82. The van der Waals surface area contributed by atoms with Gasteiger partial charge in [-0.05, 0) is 31.5 Å². The van der Waals surface area contributed by atoms with Crippen LogP contribution >= 0.6 is 12.4 Å². The molecule has 0 aliphatic carbocycles. The van der Waals surface area contributed by atoms with Crippen molar-refractivity contribution in [3.05, 3.63) is 36.0 Å². The van der Waals surface area contributed by atoms with E-state index in [-0.39, 0.29) is 24.1 Å². The van der Waals surface area contributed by atoms with Gasteiger partial charge in [0.25, 0.3) is 5.91 Å². The van der Waals surface area contributed by atoms with Gasteiger partial charge in [-0.15, -0.1) is 12.4 Å². The first-order valence-electron chi connectivity index (χ1n) is 7.18. The second-order valence-electron chi connectivity index (χ2n) is 4.82. The molecule has 0 unspecified atom stereocenters. The maximum absolute atomic E-state index is 12.3. The Kier molecular flexibility index (Phi) is 8.14. The Morgan fingerprint density at radius 1 is 1.38 bits per heavy atom. The van der Waals surface area contributed by atoms with Crippen LogP contribution in [-0.4, -0.2) is 35.8 Å². The van der Waals surface area contributed by atoms with Crippen molar-refractivity contribution in [3.63, 3.8) is 0 Å². The van der Waals surface area contributed by atoms with Gasteiger partial charge in [0.2, 0.25) is 0 Å². The van der Waals surface area contributed by atoms with Gasteiger partial charge in [0, 0.05) is 12.1 Å². The lowest BCUT2D eigenvalue weighted by atomic mass is 10.1. The molecule has 4 N–H and O–H groups in total. The number of H-pyrrole nitrogens is 1. The third-order valence-corrected chi connectivity index (χ3v) is 3.15. The first-order chi connectivity index (χ1) is 11.1. The molecule has 0 aliphatic heterocycles. The van der Waals surface area contributed by atoms with Gasteiger partial charge >= 0.3 is 6.61 Å². The molecule has 0 bridgehead atoms. The topological polar surface area (TPSA) is 93.0 Å². The normalized spacial score (nSPS) is 10.3. The SMILES string of the molecule is Cl.NCCCCNC(=O)c1cn[nH]c1-c1cccc(OC(F)F)c1. The Morgan fingerprint density at radius 2 is 2.17 bits per heavy atom. The van der Waals surface area contributed by atoms with Gasteiger partial charge in [-0.1, -0.05) is 12.1 Å². The van der Waals surface area contributed by atoms with Gasteiger partial charge in [0.05, 0.1) is 17.5 Å². The number of rotatable bonds is 8. The van der Waals surface area contributed by atoms with Crippen molar-refractivity contribution in [3.8, 4) is 17.0 Å². The number of amides is 1. The minimum atomic E-state index is -2.91. The number of nitrogens with zero attached hydrogens (tertiary/aromatic N) is 1. The lowest BCUT2D eigenvalue weighted by Crippen LogP contribution is -2.25. The van der Waals surface area contributed by atoms with Crippen LogP contribution < -0.4 is 15.8 Å². The molecule has 0 spiro atoms. The standard InChI is InChI=1S/C15H18F2N4O2.ClH/c16-15(17)23-11-5-3-4-10(8-11)13-12(9-20-21-13)14(22)19-7-2-1-6-18;/h3-5,8-9,15H,1-2,6-7,18H2,(H,19,22)(H,20,21);1H. The molecular formula is C15H19ClF2N4O2. The highest BCUT2D eigenvalue weighted by molar-refractivity contribution is 5.99. The number of nitrogens with two attached hydrogens (primary N) is 1. The lowest BCUT2D eigenvalue weighted by Gasteiger charge is -2.08. The quantitative estimate of drug-likeness (QED) is 0.631. The Bertz CT molecular complexity index is 652. The molecule has 9 heteroatoms. The molecule has 0 fully saturated rings. The molecule has 0 saturated carbocycles. The van der Waals surface area contributed by atoms with Crippen LogP contribution in [0.25, 0.3) is 11.3 Å². The highest BCUT2D eigenvalue weighted by Crippen LogP contribution is 2.25. The van der Waals surface area contributed by atoms with Crippen molar-refractivity contribution in [1.29, 1.82) is 0 Å². The van der Waals surface area contributed by atoms with Crippen LogP contribution in [0.2, 0.25) is 0 Å². The van der Waals surface area contributed by atoms with E-state index in [1.807, 2.05) is 0 Å². The van der Waals surface area contributed by atoms with E-state index in [9.17, 15) is 13.6 Å². The number of unbranched alkanes of at least 4 members (excludes halogenated alkanes) is 1. The van der Waals surface area contributed by atoms with Gasteiger partial charge < -0.3 is 15.8 Å². The van der Waals surface area contributed by atoms with Crippen LogP contribution in [0, 0.1) is 0 Å². The lowest BCUT2D eigenvalue weighted by molar-refractivity contribution is -0.0498. The molecule has 2 rings (SSSR count). The van der Waals surface area contributed by atoms with E-state index in [1.165, 1.54) is 18.3 Å². The molecule has 132 valence electrons. The Labute approximate surface area is 144 Å². The minimum absolute atomic E-state index is 0. The first-order valence-corrected chi connectivity index (χ1v) is 7.18. The van der Waals surface area contributed by atoms with Gasteiger partial charge in [-0.25, -0.2) is 0 Å². The van der Waals surface area contributed by atoms with Crippen molar-refractivity contribution < 1.29 is 18.3 Å². The third kappa shape index (κ3) is 5.47. The van der Waals surface area contributed by atoms with Crippen molar-refractivity contribution in [2.45, 2.75) is 19.5 Å². The summed E-state index contributed by atoms with van der Waals surface area (Å²) >= 11 is 0. The van der Waals surface area contributed by atoms with Crippen molar-refractivity contribution in [2.75, 3.05) is 13.1 Å². The number of benzene rings is 1. The summed E-state index contributed by atoms with van der Waals surface area (Å²) in [6.07, 6.45) is 3.01. The second kappa shape index (κ2) is 9.84. The molecule has 0 aliphatic rings. The zero-order valence-corrected chi connectivity index (χ0v) is 13.6. The molecule has 1 aromatic heterocycles. The number of hydrogen-bond donors (Lipinski definition) is 3. The summed E-state index contributed by atoms with van der Waals surface area (Å²) in [5.41, 5.74) is 6.72. The number of aromatic amines is 1. The summed E-state index contributed by atoms with van der Waals surface area (Å²) in [6.45, 7) is -1.82. The highest BCUT2D eigenvalue weighted by atomic mass is 35.5. The number of carbonyl (C=O) groups is 1. The molecule has 1 aromatic carbocycles. The van der Waals surface area contributed by atoms with E-state index in [1.54, 1.807) is 12.1 Å². The molecule has 0 atom stereocenters. The number of halogens is 3. The van der Waals surface area contributed by atoms with Crippen LogP contribution in [0.1, 0.15) is 23.2 Å². The number of nitrogens with one attached hydrogen (secondary N) is 2. The summed E-state index contributed by atoms with van der Waals surface area (Å²) < 4.78 is 28.9. The number of aromatic nitrogens is 2. The summed E-state index contributed by atoms with van der Waals surface area (Å²) in [5.74, 6) is -0.271. The van der Waals surface area contributed by atoms with E-state index < -0.39 is 6.61 Å². The van der Waals surface area contributed by atoms with Crippen LogP contribution in [-0.2, 0) is 0 Å². The molecule has 0 saturated heterocycles. The molecule has 6 nitrogen and oxygen atoms in total. The molecule has 0 radical (unpaired) electrons. The summed E-state index contributed by atoms with van der Waals surface area (Å²) in [7, 11) is 0. The predicted molar refractivity (Wildman–Crippen MR) is 88.5 cm³/mol. The summed E-state index contributed by atoms with van der Waals surface area (Å²) in [4.78, 5) is 12.2. The van der Waals surface area contributed by atoms with E-state index in [4.69, 9.17) is 5.73 Å². The van der Waals surface area contributed by atoms with Gasteiger partial charge in [-0.3, -0.25) is 9.89 Å². The summed E-state index contributed by atoms with van der Waals surface area (Å²) in [6, 6.07) is 6.08. The average Bonchev–Trinajstić information content (AvgIpc) is 3.00. The van der Waals surface area contributed by atoms with Crippen molar-refractivity contribution >= 4 is 18.3 Å². The maximum atomic E-state index is 12.3. The Hall–Kier alpha value is -2.19. The average molecular weight is 361 g/mol. The number of carbonyl (C=O) groups excluding carboxylic acids is 1. The smallest absolute Gasteiger partial charge is 0.387 e. The fraction of sp³-hybridized carbons (Fsp3) is 0.333. The van der Waals surface area contributed by atoms with E-state index in [2.05, 4.69) is 20.3 Å². The number of ether oxygens (including phenoxy) is 1. The number of hydrogen-bond acceptors (Lipinski definition) is 4. The zero-order chi connectivity index (χ0) is 16.7. The monoisotopic (exact) mass is 360 g/mol. The largest absolute Gasteiger partial charge is 0.435 e. The fourth-order valence-electron chi connectivity index (χ4n) is 2.07. The maximum Gasteiger partial charge on any atom is 0.387 e. The fourth-order valence-corrected chi connectivity index (χ4v) is 2.07. The van der Waals surface area contributed by atoms with E-state index in [0.29, 0.717) is 29.9 Å². The predicted octanol–water partition coefficient (Wildman–Crippen LogP) is 2.57. The third-order valence-electron chi connectivity index (χ3n) is 3.15. The summed E-state index contributed by atoms with van der Waals surface area (Å²) in [5, 5.41) is 9.34. The van der Waals surface area contributed by atoms with E-state index in [0.717, 1.165) is 12.8 Å². The van der Waals surface area contributed by atoms with Crippen LogP contribution in [0.4, 0.5) is 8.78 Å². The van der Waals surface area contributed by atoms with Crippen molar-refractivity contribution in [2.24, 2.45) is 5.73 Å². The van der Waals surface area contributed by atoms with Gasteiger partial charge in [0.15, 0.2) is 0 Å². The first kappa shape index (κ1) is 19.9. The zero-order valence-electron chi connectivity index (χ0n) is 12.8. The molecule has 2 aromatic rings. The Balaban J connectivity index is 0.00000288. The molecule has 1 heterocycles. The van der Waals surface area contributed by atoms with Gasteiger partial charge in [0.1, 0.15) is 5.75 Å². The van der Waals surface area contributed by atoms with Crippen LogP contribution in [0.15, 0.2) is 30.5 Å². The van der Waals surface area contributed by atoms with Gasteiger partial charge in [-0.2, -0.15) is 13.9 Å². The van der Waals surface area contributed by atoms with E-state index >= 15 is 0 Å². The van der Waals surface area contributed by atoms with Crippen LogP contribution in [0.5, 0.6) is 5.75 Å². The minimum Gasteiger partial charge on any atom is -0.435 e. The van der Waals surface area contributed by atoms with Crippen molar-refractivity contribution in [1.82, 2.24) is 15.5 Å².